The minimum Gasteiger partial charge on any atom is -0.250 e. The molecule has 1 aliphatic heterocycles. The van der Waals surface area contributed by atoms with E-state index in [4.69, 9.17) is 20.9 Å². The van der Waals surface area contributed by atoms with Crippen LogP contribution in [0.2, 0.25) is 0 Å². The molecule has 1 unspecified atom stereocenters. The monoisotopic (exact) mass is 185 g/mol. The van der Waals surface area contributed by atoms with E-state index in [0.29, 0.717) is 6.61 Å². The highest BCUT2D eigenvalue weighted by atomic mass is 32.4. The Morgan fingerprint density at radius 3 is 3.09 bits per heavy atom. The minimum absolute atomic E-state index is 0.589. The van der Waals surface area contributed by atoms with E-state index in [1.54, 1.807) is 0 Å². The Labute approximate surface area is 70.7 Å². The van der Waals surface area contributed by atoms with Crippen molar-refractivity contribution in [2.75, 3.05) is 0 Å². The summed E-state index contributed by atoms with van der Waals surface area (Å²) < 4.78 is 10.5. The molecule has 2 nitrogen and oxygen atoms in total. The summed E-state index contributed by atoms with van der Waals surface area (Å²) >= 11 is 4.89. The van der Waals surface area contributed by atoms with Gasteiger partial charge in [-0.3, -0.25) is 0 Å². The van der Waals surface area contributed by atoms with E-state index in [0.717, 1.165) is 11.3 Å². The highest BCUT2D eigenvalue weighted by molar-refractivity contribution is 8.00. The van der Waals surface area contributed by atoms with Crippen LogP contribution < -0.4 is 4.52 Å². The second kappa shape index (κ2) is 2.86. The number of rotatable bonds is 0. The summed E-state index contributed by atoms with van der Waals surface area (Å²) in [6.45, 7) is 0.589. The van der Waals surface area contributed by atoms with E-state index in [9.17, 15) is 0 Å². The maximum atomic E-state index is 5.29. The van der Waals surface area contributed by atoms with Crippen molar-refractivity contribution in [1.82, 2.24) is 0 Å². The Bertz CT molecular complexity index is 300. The van der Waals surface area contributed by atoms with Crippen molar-refractivity contribution in [2.24, 2.45) is 0 Å². The molecule has 0 fully saturated rings. The van der Waals surface area contributed by atoms with Gasteiger partial charge in [-0.15, -0.1) is 4.52 Å². The molecule has 1 aliphatic rings. The van der Waals surface area contributed by atoms with Crippen LogP contribution in [0.15, 0.2) is 24.3 Å². The summed E-state index contributed by atoms with van der Waals surface area (Å²) in [6, 6.07) is 7.79. The molecule has 1 heterocycles. The molecule has 1 atom stereocenters. The van der Waals surface area contributed by atoms with Crippen molar-refractivity contribution >= 4 is 19.0 Å². The van der Waals surface area contributed by atoms with Crippen LogP contribution in [0.5, 0.6) is 5.75 Å². The smallest absolute Gasteiger partial charge is 0.250 e. The quantitative estimate of drug-likeness (QED) is 0.578. The molecule has 0 saturated heterocycles. The SMILES string of the molecule is S=[P+]1OCc2ccccc2O1. The maximum Gasteiger partial charge on any atom is 0.574 e. The fourth-order valence-corrected chi connectivity index (χ4v) is 1.98. The predicted molar refractivity (Wildman–Crippen MR) is 46.1 cm³/mol. The topological polar surface area (TPSA) is 18.5 Å². The molecule has 0 saturated carbocycles. The van der Waals surface area contributed by atoms with Crippen molar-refractivity contribution in [2.45, 2.75) is 6.61 Å². The lowest BCUT2D eigenvalue weighted by molar-refractivity contribution is 0.291. The van der Waals surface area contributed by atoms with Gasteiger partial charge in [0.25, 0.3) is 0 Å². The van der Waals surface area contributed by atoms with Gasteiger partial charge in [-0.25, -0.2) is 4.52 Å². The molecule has 1 aromatic rings. The second-order valence-electron chi connectivity index (χ2n) is 2.20. The molecule has 0 amide bonds. The third kappa shape index (κ3) is 1.41. The molecular formula is C7H6O2PS+. The first kappa shape index (κ1) is 7.17. The van der Waals surface area contributed by atoms with Crippen molar-refractivity contribution in [1.29, 1.82) is 0 Å². The average Bonchev–Trinajstić information content (AvgIpc) is 2.04. The Balaban J connectivity index is 2.41. The van der Waals surface area contributed by atoms with Crippen LogP contribution in [0.3, 0.4) is 0 Å². The van der Waals surface area contributed by atoms with E-state index in [1.807, 2.05) is 24.3 Å². The number of hydrogen-bond donors (Lipinski definition) is 0. The first-order valence-corrected chi connectivity index (χ1v) is 5.41. The van der Waals surface area contributed by atoms with E-state index in [-0.39, 0.29) is 0 Å². The first-order valence-electron chi connectivity index (χ1n) is 3.22. The zero-order valence-corrected chi connectivity index (χ0v) is 7.40. The van der Waals surface area contributed by atoms with Crippen LogP contribution in [-0.2, 0) is 22.9 Å². The Morgan fingerprint density at radius 2 is 2.18 bits per heavy atom. The zero-order valence-electron chi connectivity index (χ0n) is 5.69. The van der Waals surface area contributed by atoms with Gasteiger partial charge in [-0.1, -0.05) is 18.2 Å². The summed E-state index contributed by atoms with van der Waals surface area (Å²) in [5.41, 5.74) is 1.08. The number of fused-ring (bicyclic) bond motifs is 1. The summed E-state index contributed by atoms with van der Waals surface area (Å²) in [4.78, 5) is 0. The Hall–Kier alpha value is -0.500. The van der Waals surface area contributed by atoms with Crippen molar-refractivity contribution in [3.63, 3.8) is 0 Å². The highest BCUT2D eigenvalue weighted by Crippen LogP contribution is 2.37. The lowest BCUT2D eigenvalue weighted by Gasteiger charge is -2.05. The lowest BCUT2D eigenvalue weighted by atomic mass is 10.2. The molecule has 11 heavy (non-hydrogen) atoms. The zero-order chi connectivity index (χ0) is 7.68. The molecule has 0 N–H and O–H groups in total. The van der Waals surface area contributed by atoms with Gasteiger partial charge in [0, 0.05) is 5.56 Å². The van der Waals surface area contributed by atoms with Gasteiger partial charge >= 0.3 is 7.15 Å². The van der Waals surface area contributed by atoms with Gasteiger partial charge in [-0.05, 0) is 6.07 Å². The Kier molecular flexibility index (Phi) is 1.86. The standard InChI is InChI=1S/C7H6O2PS/c11-10-8-5-6-3-1-2-4-7(6)9-10/h1-4H,5H2/q+1. The minimum atomic E-state index is -1.09. The van der Waals surface area contributed by atoms with E-state index < -0.39 is 7.15 Å². The molecule has 2 rings (SSSR count). The van der Waals surface area contributed by atoms with Crippen LogP contribution in [0.4, 0.5) is 0 Å². The van der Waals surface area contributed by atoms with Gasteiger partial charge in [0.1, 0.15) is 6.61 Å². The molecule has 0 spiro atoms. The molecule has 0 bridgehead atoms. The summed E-state index contributed by atoms with van der Waals surface area (Å²) in [6.07, 6.45) is 0. The van der Waals surface area contributed by atoms with Gasteiger partial charge in [-0.2, -0.15) is 0 Å². The highest BCUT2D eigenvalue weighted by Gasteiger charge is 2.24. The van der Waals surface area contributed by atoms with Crippen LogP contribution in [0.25, 0.3) is 0 Å². The predicted octanol–water partition coefficient (Wildman–Crippen LogP) is 2.37. The fraction of sp³-hybridized carbons (Fsp3) is 0.143. The molecular weight excluding hydrogens is 179 g/mol. The van der Waals surface area contributed by atoms with Crippen LogP contribution in [-0.4, -0.2) is 0 Å². The third-order valence-electron chi connectivity index (χ3n) is 1.47. The molecule has 0 aromatic heterocycles. The summed E-state index contributed by atoms with van der Waals surface area (Å²) in [5.74, 6) is 0.875. The lowest BCUT2D eigenvalue weighted by Crippen LogP contribution is -1.98. The van der Waals surface area contributed by atoms with Crippen molar-refractivity contribution in [3.8, 4) is 5.75 Å². The number of benzene rings is 1. The normalized spacial score (nSPS) is 18.7. The van der Waals surface area contributed by atoms with Gasteiger partial charge < -0.3 is 0 Å². The third-order valence-corrected chi connectivity index (χ3v) is 2.70. The van der Waals surface area contributed by atoms with Gasteiger partial charge in [0.05, 0.1) is 0 Å². The molecule has 1 aromatic carbocycles. The van der Waals surface area contributed by atoms with Crippen LogP contribution >= 0.6 is 7.15 Å². The molecule has 4 heteroatoms. The van der Waals surface area contributed by atoms with Gasteiger partial charge in [0.2, 0.25) is 11.8 Å². The largest absolute Gasteiger partial charge is 0.574 e. The second-order valence-corrected chi connectivity index (χ2v) is 3.98. The van der Waals surface area contributed by atoms with E-state index >= 15 is 0 Å². The fourth-order valence-electron chi connectivity index (χ4n) is 0.941. The Morgan fingerprint density at radius 1 is 1.36 bits per heavy atom. The molecule has 0 aliphatic carbocycles. The molecule has 56 valence electrons. The summed E-state index contributed by atoms with van der Waals surface area (Å²) in [5, 5.41) is 0. The van der Waals surface area contributed by atoms with E-state index in [1.165, 1.54) is 0 Å². The van der Waals surface area contributed by atoms with Crippen LogP contribution in [0.1, 0.15) is 5.56 Å². The van der Waals surface area contributed by atoms with Crippen molar-refractivity contribution < 1.29 is 9.05 Å². The van der Waals surface area contributed by atoms with Crippen LogP contribution in [0, 0.1) is 0 Å². The van der Waals surface area contributed by atoms with Crippen molar-refractivity contribution in [3.05, 3.63) is 29.8 Å². The average molecular weight is 185 g/mol. The van der Waals surface area contributed by atoms with E-state index in [2.05, 4.69) is 0 Å². The first-order chi connectivity index (χ1) is 5.36. The maximum absolute atomic E-state index is 5.29. The molecule has 0 radical (unpaired) electrons. The number of hydrogen-bond acceptors (Lipinski definition) is 3. The number of para-hydroxylation sites is 1. The van der Waals surface area contributed by atoms with Gasteiger partial charge in [0.15, 0.2) is 5.75 Å². The summed E-state index contributed by atoms with van der Waals surface area (Å²) in [7, 11) is -1.09.